The van der Waals surface area contributed by atoms with E-state index in [4.69, 9.17) is 0 Å². The van der Waals surface area contributed by atoms with Crippen molar-refractivity contribution in [2.75, 3.05) is 5.32 Å². The van der Waals surface area contributed by atoms with E-state index in [2.05, 4.69) is 30.8 Å². The van der Waals surface area contributed by atoms with E-state index in [-0.39, 0.29) is 5.91 Å². The molecule has 0 atom stereocenters. The van der Waals surface area contributed by atoms with Crippen molar-refractivity contribution in [2.45, 2.75) is 0 Å². The minimum atomic E-state index is -0.485. The third-order valence-corrected chi connectivity index (χ3v) is 3.52. The fourth-order valence-electron chi connectivity index (χ4n) is 2.36. The average Bonchev–Trinajstić information content (AvgIpc) is 3.08. The van der Waals surface area contributed by atoms with Gasteiger partial charge in [0, 0.05) is 11.8 Å². The largest absolute Gasteiger partial charge is 0.365 e. The number of fused-ring (bicyclic) bond motifs is 1. The normalized spacial score (nSPS) is 10.7. The van der Waals surface area contributed by atoms with E-state index >= 15 is 0 Å². The first-order valence-corrected chi connectivity index (χ1v) is 7.35. The number of nitrogens with zero attached hydrogens (tertiary/aromatic N) is 5. The lowest BCUT2D eigenvalue weighted by atomic mass is 10.2. The van der Waals surface area contributed by atoms with Gasteiger partial charge in [-0.2, -0.15) is 4.68 Å². The maximum atomic E-state index is 12.5. The summed E-state index contributed by atoms with van der Waals surface area (Å²) in [5.41, 5.74) is 1.74. The average molecular weight is 333 g/mol. The van der Waals surface area contributed by atoms with Crippen molar-refractivity contribution in [2.24, 2.45) is 0 Å². The van der Waals surface area contributed by atoms with Crippen molar-refractivity contribution < 1.29 is 4.79 Å². The zero-order chi connectivity index (χ0) is 17.2. The quantitative estimate of drug-likeness (QED) is 0.580. The second kappa shape index (κ2) is 5.96. The van der Waals surface area contributed by atoms with Crippen LogP contribution >= 0.6 is 0 Å². The molecule has 2 N–H and O–H groups in total. The Kier molecular flexibility index (Phi) is 3.51. The highest BCUT2D eigenvalue weighted by Crippen LogP contribution is 2.14. The van der Waals surface area contributed by atoms with E-state index in [9.17, 15) is 9.59 Å². The lowest BCUT2D eigenvalue weighted by molar-refractivity contribution is 0.102. The van der Waals surface area contributed by atoms with Crippen molar-refractivity contribution >= 4 is 22.8 Å². The summed E-state index contributed by atoms with van der Waals surface area (Å²) in [6.45, 7) is 0. The standard InChI is InChI=1S/C16H11N7O2/c24-15(19-14-7-6-12-13(18-14)5-2-8-17-12)10-3-1-4-11(9-10)23-16(25)20-21-22-23/h1-9H,(H,18,19,24)(H,20,22,25). The molecule has 0 unspecified atom stereocenters. The second-order valence-electron chi connectivity index (χ2n) is 5.16. The van der Waals surface area contributed by atoms with E-state index in [1.165, 1.54) is 0 Å². The number of hydrogen-bond donors (Lipinski definition) is 2. The highest BCUT2D eigenvalue weighted by Gasteiger charge is 2.10. The summed E-state index contributed by atoms with van der Waals surface area (Å²) < 4.78 is 1.07. The third-order valence-electron chi connectivity index (χ3n) is 3.52. The molecule has 0 saturated heterocycles. The number of aromatic amines is 1. The Hall–Kier alpha value is -3.88. The first-order chi connectivity index (χ1) is 12.2. The van der Waals surface area contributed by atoms with Crippen LogP contribution in [0.25, 0.3) is 16.7 Å². The van der Waals surface area contributed by atoms with Crippen LogP contribution < -0.4 is 11.0 Å². The van der Waals surface area contributed by atoms with Crippen LogP contribution in [0.2, 0.25) is 0 Å². The monoisotopic (exact) mass is 333 g/mol. The number of aromatic nitrogens is 6. The van der Waals surface area contributed by atoms with Gasteiger partial charge in [-0.15, -0.1) is 0 Å². The van der Waals surface area contributed by atoms with Crippen LogP contribution in [0.3, 0.4) is 0 Å². The highest BCUT2D eigenvalue weighted by molar-refractivity contribution is 6.04. The molecule has 0 aliphatic rings. The van der Waals surface area contributed by atoms with Crippen LogP contribution in [0.4, 0.5) is 5.82 Å². The number of tetrazole rings is 1. The molecule has 1 amide bonds. The molecule has 0 aliphatic carbocycles. The van der Waals surface area contributed by atoms with Crippen molar-refractivity contribution in [1.82, 2.24) is 30.2 Å². The van der Waals surface area contributed by atoms with Gasteiger partial charge in [-0.3, -0.25) is 9.78 Å². The van der Waals surface area contributed by atoms with Gasteiger partial charge >= 0.3 is 5.69 Å². The van der Waals surface area contributed by atoms with Gasteiger partial charge in [0.15, 0.2) is 0 Å². The lowest BCUT2D eigenvalue weighted by Gasteiger charge is -2.06. The molecule has 3 heterocycles. The van der Waals surface area contributed by atoms with Gasteiger partial charge in [-0.1, -0.05) is 6.07 Å². The van der Waals surface area contributed by atoms with Crippen LogP contribution in [0.15, 0.2) is 59.5 Å². The molecule has 1 aromatic carbocycles. The fourth-order valence-corrected chi connectivity index (χ4v) is 2.36. The summed E-state index contributed by atoms with van der Waals surface area (Å²) in [6.07, 6.45) is 1.68. The molecule has 0 fully saturated rings. The Morgan fingerprint density at radius 2 is 2.00 bits per heavy atom. The Morgan fingerprint density at radius 3 is 2.84 bits per heavy atom. The molecule has 9 nitrogen and oxygen atoms in total. The summed E-state index contributed by atoms with van der Waals surface area (Å²) in [5, 5.41) is 12.0. The Morgan fingerprint density at radius 1 is 1.08 bits per heavy atom. The van der Waals surface area contributed by atoms with Gasteiger partial charge < -0.3 is 5.32 Å². The highest BCUT2D eigenvalue weighted by atomic mass is 16.2. The van der Waals surface area contributed by atoms with Crippen molar-refractivity contribution in [1.29, 1.82) is 0 Å². The van der Waals surface area contributed by atoms with E-state index in [1.54, 1.807) is 48.7 Å². The Balaban J connectivity index is 1.62. The number of H-pyrrole nitrogens is 1. The zero-order valence-corrected chi connectivity index (χ0v) is 12.7. The number of anilines is 1. The second-order valence-corrected chi connectivity index (χ2v) is 5.16. The first kappa shape index (κ1) is 14.7. The van der Waals surface area contributed by atoms with Crippen LogP contribution in [0.1, 0.15) is 10.4 Å². The number of hydrogen-bond acceptors (Lipinski definition) is 6. The van der Waals surface area contributed by atoms with E-state index < -0.39 is 5.69 Å². The molecule has 0 spiro atoms. The summed E-state index contributed by atoms with van der Waals surface area (Å²) in [5.74, 6) is 0.0589. The maximum Gasteiger partial charge on any atom is 0.365 e. The number of benzene rings is 1. The number of rotatable bonds is 3. The van der Waals surface area contributed by atoms with Crippen LogP contribution in [0.5, 0.6) is 0 Å². The number of nitrogens with one attached hydrogen (secondary N) is 2. The van der Waals surface area contributed by atoms with Crippen molar-refractivity contribution in [3.05, 3.63) is 70.8 Å². The summed E-state index contributed by atoms with van der Waals surface area (Å²) in [6, 6.07) is 13.5. The molecule has 4 rings (SSSR count). The molecule has 4 aromatic rings. The number of carbonyl (C=O) groups excluding carboxylic acids is 1. The van der Waals surface area contributed by atoms with Crippen LogP contribution in [-0.2, 0) is 0 Å². The predicted molar refractivity (Wildman–Crippen MR) is 89.5 cm³/mol. The smallest absolute Gasteiger partial charge is 0.307 e. The molecule has 0 bridgehead atoms. The van der Waals surface area contributed by atoms with Gasteiger partial charge in [0.05, 0.1) is 16.7 Å². The molecule has 0 radical (unpaired) electrons. The number of amides is 1. The zero-order valence-electron chi connectivity index (χ0n) is 12.7. The van der Waals surface area contributed by atoms with E-state index in [0.717, 1.165) is 10.2 Å². The summed E-state index contributed by atoms with van der Waals surface area (Å²) in [7, 11) is 0. The van der Waals surface area contributed by atoms with Crippen molar-refractivity contribution in [3.8, 4) is 5.69 Å². The maximum absolute atomic E-state index is 12.5. The number of pyridine rings is 2. The van der Waals surface area contributed by atoms with E-state index in [1.807, 2.05) is 6.07 Å². The molecule has 9 heteroatoms. The fraction of sp³-hybridized carbons (Fsp3) is 0. The third kappa shape index (κ3) is 2.85. The van der Waals surface area contributed by atoms with Crippen LogP contribution in [0, 0.1) is 0 Å². The molecule has 25 heavy (non-hydrogen) atoms. The molecular formula is C16H11N7O2. The molecule has 122 valence electrons. The lowest BCUT2D eigenvalue weighted by Crippen LogP contribution is -2.17. The van der Waals surface area contributed by atoms with E-state index in [0.29, 0.717) is 22.6 Å². The molecular weight excluding hydrogens is 322 g/mol. The molecule has 0 saturated carbocycles. The summed E-state index contributed by atoms with van der Waals surface area (Å²) >= 11 is 0. The van der Waals surface area contributed by atoms with Crippen LogP contribution in [-0.4, -0.2) is 36.1 Å². The predicted octanol–water partition coefficient (Wildman–Crippen LogP) is 1.15. The molecule has 3 aromatic heterocycles. The van der Waals surface area contributed by atoms with Crippen molar-refractivity contribution in [3.63, 3.8) is 0 Å². The SMILES string of the molecule is O=C(Nc1ccc2ncccc2n1)c1cccc(-n2nn[nH]c2=O)c1. The van der Waals surface area contributed by atoms with Gasteiger partial charge in [0.2, 0.25) is 0 Å². The Labute approximate surface area is 140 Å². The Bertz CT molecular complexity index is 1130. The summed E-state index contributed by atoms with van der Waals surface area (Å²) in [4.78, 5) is 32.6. The van der Waals surface area contributed by atoms with Gasteiger partial charge in [-0.05, 0) is 52.9 Å². The minimum Gasteiger partial charge on any atom is -0.307 e. The topological polar surface area (TPSA) is 118 Å². The number of carbonyl (C=O) groups is 1. The molecule has 0 aliphatic heterocycles. The minimum absolute atomic E-state index is 0.353. The first-order valence-electron chi connectivity index (χ1n) is 7.35. The van der Waals surface area contributed by atoms with Gasteiger partial charge in [-0.25, -0.2) is 14.9 Å². The van der Waals surface area contributed by atoms with Gasteiger partial charge in [0.1, 0.15) is 5.82 Å². The van der Waals surface area contributed by atoms with Gasteiger partial charge in [0.25, 0.3) is 5.91 Å².